The predicted molar refractivity (Wildman–Crippen MR) is 65.8 cm³/mol. The molecule has 7 heteroatoms. The Balaban J connectivity index is 2.68. The third-order valence-corrected chi connectivity index (χ3v) is 2.59. The second kappa shape index (κ2) is 4.44. The molecule has 0 spiro atoms. The molecule has 1 heterocycles. The number of benzene rings is 1. The lowest BCUT2D eigenvalue weighted by Gasteiger charge is -2.09. The van der Waals surface area contributed by atoms with Crippen molar-refractivity contribution < 1.29 is 9.47 Å². The predicted octanol–water partition coefficient (Wildman–Crippen LogP) is 0.0734. The molecule has 0 aliphatic heterocycles. The summed E-state index contributed by atoms with van der Waals surface area (Å²) in [5.41, 5.74) is 0.0354. The standard InChI is InChI=1S/C11H14N4O3/c1-7-13-15(11(16)14(7)12)9-6-8(17-2)4-5-10(9)18-3/h4-6H,12H2,1-3H3. The van der Waals surface area contributed by atoms with Crippen molar-refractivity contribution in [2.24, 2.45) is 0 Å². The number of ether oxygens (including phenoxy) is 2. The Hall–Kier alpha value is -2.44. The van der Waals surface area contributed by atoms with Crippen LogP contribution in [-0.2, 0) is 0 Å². The minimum atomic E-state index is -0.445. The van der Waals surface area contributed by atoms with E-state index in [1.807, 2.05) is 0 Å². The molecule has 0 bridgehead atoms. The van der Waals surface area contributed by atoms with Crippen LogP contribution >= 0.6 is 0 Å². The Morgan fingerprint density at radius 2 is 2.00 bits per heavy atom. The van der Waals surface area contributed by atoms with Crippen molar-refractivity contribution in [3.63, 3.8) is 0 Å². The minimum Gasteiger partial charge on any atom is -0.497 e. The van der Waals surface area contributed by atoms with Crippen LogP contribution in [0.5, 0.6) is 11.5 Å². The van der Waals surface area contributed by atoms with Crippen molar-refractivity contribution in [1.82, 2.24) is 14.5 Å². The number of aromatic nitrogens is 3. The molecule has 0 fully saturated rings. The first-order chi connectivity index (χ1) is 8.58. The van der Waals surface area contributed by atoms with Gasteiger partial charge in [0.05, 0.1) is 14.2 Å². The van der Waals surface area contributed by atoms with E-state index in [-0.39, 0.29) is 0 Å². The summed E-state index contributed by atoms with van der Waals surface area (Å²) in [4.78, 5) is 11.9. The summed E-state index contributed by atoms with van der Waals surface area (Å²) in [6, 6.07) is 5.10. The van der Waals surface area contributed by atoms with Gasteiger partial charge in [0.1, 0.15) is 17.2 Å². The second-order valence-corrected chi connectivity index (χ2v) is 3.65. The van der Waals surface area contributed by atoms with Crippen LogP contribution in [-0.4, -0.2) is 28.7 Å². The highest BCUT2D eigenvalue weighted by atomic mass is 16.5. The van der Waals surface area contributed by atoms with E-state index in [4.69, 9.17) is 15.3 Å². The topological polar surface area (TPSA) is 84.3 Å². The minimum absolute atomic E-state index is 0.407. The fourth-order valence-electron chi connectivity index (χ4n) is 1.60. The Morgan fingerprint density at radius 3 is 2.50 bits per heavy atom. The van der Waals surface area contributed by atoms with E-state index >= 15 is 0 Å². The number of nitrogens with two attached hydrogens (primary N) is 1. The average molecular weight is 250 g/mol. The first-order valence-corrected chi connectivity index (χ1v) is 5.24. The molecule has 0 unspecified atom stereocenters. The maximum Gasteiger partial charge on any atom is 0.369 e. The van der Waals surface area contributed by atoms with Gasteiger partial charge < -0.3 is 15.3 Å². The van der Waals surface area contributed by atoms with Gasteiger partial charge in [-0.2, -0.15) is 9.36 Å². The molecule has 0 amide bonds. The molecular weight excluding hydrogens is 236 g/mol. The second-order valence-electron chi connectivity index (χ2n) is 3.65. The van der Waals surface area contributed by atoms with Crippen molar-refractivity contribution in [3.8, 4) is 17.2 Å². The van der Waals surface area contributed by atoms with E-state index in [1.165, 1.54) is 11.8 Å². The Morgan fingerprint density at radius 1 is 1.28 bits per heavy atom. The maximum atomic E-state index is 11.9. The van der Waals surface area contributed by atoms with E-state index in [9.17, 15) is 4.79 Å². The number of nitrogen functional groups attached to an aromatic ring is 1. The summed E-state index contributed by atoms with van der Waals surface area (Å²) in [7, 11) is 3.06. The summed E-state index contributed by atoms with van der Waals surface area (Å²) in [6.07, 6.45) is 0. The number of nitrogens with zero attached hydrogens (tertiary/aromatic N) is 3. The molecule has 0 radical (unpaired) electrons. The number of aryl methyl sites for hydroxylation is 1. The van der Waals surface area contributed by atoms with Crippen LogP contribution in [0.3, 0.4) is 0 Å². The molecule has 1 aromatic carbocycles. The van der Waals surface area contributed by atoms with E-state index < -0.39 is 5.69 Å². The number of hydrogen-bond acceptors (Lipinski definition) is 5. The monoisotopic (exact) mass is 250 g/mol. The van der Waals surface area contributed by atoms with Gasteiger partial charge in [0.25, 0.3) is 0 Å². The Bertz CT molecular complexity index is 630. The molecule has 0 aliphatic carbocycles. The first kappa shape index (κ1) is 12.0. The van der Waals surface area contributed by atoms with Gasteiger partial charge in [0.2, 0.25) is 0 Å². The molecule has 7 nitrogen and oxygen atoms in total. The molecule has 0 atom stereocenters. The molecule has 0 saturated heterocycles. The SMILES string of the molecule is COc1ccc(OC)c(-n2nc(C)n(N)c2=O)c1. The Labute approximate surface area is 103 Å². The quantitative estimate of drug-likeness (QED) is 0.779. The highest BCUT2D eigenvalue weighted by Crippen LogP contribution is 2.25. The van der Waals surface area contributed by atoms with Crippen molar-refractivity contribution in [2.45, 2.75) is 6.92 Å². The van der Waals surface area contributed by atoms with Crippen LogP contribution in [0.1, 0.15) is 5.82 Å². The van der Waals surface area contributed by atoms with Crippen LogP contribution in [0.25, 0.3) is 5.69 Å². The molecule has 0 saturated carbocycles. The molecule has 2 N–H and O–H groups in total. The number of hydrogen-bond donors (Lipinski definition) is 1. The number of methoxy groups -OCH3 is 2. The van der Waals surface area contributed by atoms with Gasteiger partial charge in [-0.05, 0) is 19.1 Å². The van der Waals surface area contributed by atoms with Gasteiger partial charge in [-0.1, -0.05) is 0 Å². The smallest absolute Gasteiger partial charge is 0.369 e. The van der Waals surface area contributed by atoms with Crippen LogP contribution in [0.15, 0.2) is 23.0 Å². The third kappa shape index (κ3) is 1.79. The highest BCUT2D eigenvalue weighted by molar-refractivity contribution is 5.50. The lowest BCUT2D eigenvalue weighted by Crippen LogP contribution is -2.29. The zero-order chi connectivity index (χ0) is 13.3. The Kier molecular flexibility index (Phi) is 2.97. The van der Waals surface area contributed by atoms with Crippen molar-refractivity contribution >= 4 is 0 Å². The van der Waals surface area contributed by atoms with Crippen LogP contribution in [0.4, 0.5) is 0 Å². The van der Waals surface area contributed by atoms with Crippen molar-refractivity contribution in [3.05, 3.63) is 34.5 Å². The van der Waals surface area contributed by atoms with Crippen LogP contribution in [0.2, 0.25) is 0 Å². The number of rotatable bonds is 3. The van der Waals surface area contributed by atoms with E-state index in [0.29, 0.717) is 23.0 Å². The van der Waals surface area contributed by atoms with Crippen molar-refractivity contribution in [2.75, 3.05) is 20.1 Å². The zero-order valence-electron chi connectivity index (χ0n) is 10.4. The van der Waals surface area contributed by atoms with E-state index in [0.717, 1.165) is 4.68 Å². The molecule has 2 rings (SSSR count). The van der Waals surface area contributed by atoms with E-state index in [1.54, 1.807) is 32.2 Å². The summed E-state index contributed by atoms with van der Waals surface area (Å²) in [5.74, 6) is 7.07. The van der Waals surface area contributed by atoms with E-state index in [2.05, 4.69) is 5.10 Å². The molecule has 18 heavy (non-hydrogen) atoms. The molecular formula is C11H14N4O3. The van der Waals surface area contributed by atoms with Gasteiger partial charge in [-0.3, -0.25) is 0 Å². The largest absolute Gasteiger partial charge is 0.497 e. The highest BCUT2D eigenvalue weighted by Gasteiger charge is 2.14. The fraction of sp³-hybridized carbons (Fsp3) is 0.273. The third-order valence-electron chi connectivity index (χ3n) is 2.59. The lowest BCUT2D eigenvalue weighted by molar-refractivity contribution is 0.400. The van der Waals surface area contributed by atoms with Gasteiger partial charge >= 0.3 is 5.69 Å². The maximum absolute atomic E-state index is 11.9. The van der Waals surface area contributed by atoms with Crippen LogP contribution < -0.4 is 21.0 Å². The van der Waals surface area contributed by atoms with Gasteiger partial charge in [-0.15, -0.1) is 5.10 Å². The molecule has 1 aromatic heterocycles. The summed E-state index contributed by atoms with van der Waals surface area (Å²) >= 11 is 0. The van der Waals surface area contributed by atoms with Gasteiger partial charge in [0.15, 0.2) is 5.82 Å². The molecule has 2 aromatic rings. The van der Waals surface area contributed by atoms with Crippen LogP contribution in [0, 0.1) is 6.92 Å². The molecule has 0 aliphatic rings. The lowest BCUT2D eigenvalue weighted by atomic mass is 10.3. The van der Waals surface area contributed by atoms with Gasteiger partial charge in [-0.25, -0.2) is 4.79 Å². The summed E-state index contributed by atoms with van der Waals surface area (Å²) in [5, 5.41) is 4.07. The average Bonchev–Trinajstić information content (AvgIpc) is 2.65. The normalized spacial score (nSPS) is 10.4. The molecule has 96 valence electrons. The van der Waals surface area contributed by atoms with Crippen molar-refractivity contribution in [1.29, 1.82) is 0 Å². The first-order valence-electron chi connectivity index (χ1n) is 5.24. The van der Waals surface area contributed by atoms with Gasteiger partial charge in [0, 0.05) is 6.07 Å². The summed E-state index contributed by atoms with van der Waals surface area (Å²) in [6.45, 7) is 1.64. The zero-order valence-corrected chi connectivity index (χ0v) is 10.4. The summed E-state index contributed by atoms with van der Waals surface area (Å²) < 4.78 is 12.5. The fourth-order valence-corrected chi connectivity index (χ4v) is 1.60.